The molecule has 56 valence electrons. The summed E-state index contributed by atoms with van der Waals surface area (Å²) in [7, 11) is 0. The van der Waals surface area contributed by atoms with Gasteiger partial charge in [-0.05, 0) is 19.3 Å². The van der Waals surface area contributed by atoms with E-state index >= 15 is 0 Å². The van der Waals surface area contributed by atoms with Gasteiger partial charge in [0.25, 0.3) is 0 Å². The second-order valence-electron chi connectivity index (χ2n) is 3.25. The molecule has 1 aliphatic heterocycles. The third-order valence-electron chi connectivity index (χ3n) is 2.45. The van der Waals surface area contributed by atoms with Crippen LogP contribution < -0.4 is 11.2 Å². The van der Waals surface area contributed by atoms with Gasteiger partial charge in [0.05, 0.1) is 6.04 Å². The van der Waals surface area contributed by atoms with Gasteiger partial charge in [-0.1, -0.05) is 0 Å². The molecular formula is C7H13N3. The molecule has 1 aliphatic carbocycles. The fraction of sp³-hybridized carbons (Fsp3) is 0.857. The summed E-state index contributed by atoms with van der Waals surface area (Å²) in [6, 6.07) is 1.01. The van der Waals surface area contributed by atoms with Crippen molar-refractivity contribution in [1.82, 2.24) is 5.43 Å². The number of nitrogens with two attached hydrogens (primary N) is 1. The number of hydrogen-bond acceptors (Lipinski definition) is 3. The van der Waals surface area contributed by atoms with Gasteiger partial charge < -0.3 is 11.2 Å². The van der Waals surface area contributed by atoms with Crippen LogP contribution in [0.3, 0.4) is 0 Å². The second kappa shape index (κ2) is 2.23. The quantitative estimate of drug-likeness (QED) is 0.499. The maximum absolute atomic E-state index is 5.80. The van der Waals surface area contributed by atoms with Crippen molar-refractivity contribution in [2.24, 2.45) is 16.8 Å². The lowest BCUT2D eigenvalue weighted by atomic mass is 9.84. The molecule has 3 atom stereocenters. The molecule has 2 aliphatic rings. The topological polar surface area (TPSA) is 50.4 Å². The largest absolute Gasteiger partial charge is 0.328 e. The molecule has 0 radical (unpaired) electrons. The van der Waals surface area contributed by atoms with E-state index in [-0.39, 0.29) is 0 Å². The SMILES string of the molecule is NC1CCC2NN=CC2C1. The van der Waals surface area contributed by atoms with Crippen LogP contribution in [0.1, 0.15) is 19.3 Å². The van der Waals surface area contributed by atoms with Crippen molar-refractivity contribution in [3.63, 3.8) is 0 Å². The summed E-state index contributed by atoms with van der Waals surface area (Å²) in [5, 5.41) is 4.03. The summed E-state index contributed by atoms with van der Waals surface area (Å²) in [5.41, 5.74) is 8.89. The van der Waals surface area contributed by atoms with E-state index in [4.69, 9.17) is 5.73 Å². The summed E-state index contributed by atoms with van der Waals surface area (Å²) in [5.74, 6) is 0.615. The van der Waals surface area contributed by atoms with E-state index in [9.17, 15) is 0 Å². The van der Waals surface area contributed by atoms with E-state index in [0.29, 0.717) is 18.0 Å². The van der Waals surface area contributed by atoms with Crippen LogP contribution in [0.25, 0.3) is 0 Å². The first-order valence-electron chi connectivity index (χ1n) is 3.90. The van der Waals surface area contributed by atoms with Gasteiger partial charge in [-0.3, -0.25) is 0 Å². The Balaban J connectivity index is 2.01. The number of hydrazone groups is 1. The fourth-order valence-electron chi connectivity index (χ4n) is 1.80. The first-order chi connectivity index (χ1) is 4.86. The van der Waals surface area contributed by atoms with Crippen LogP contribution in [0.4, 0.5) is 0 Å². The van der Waals surface area contributed by atoms with Gasteiger partial charge in [0, 0.05) is 18.2 Å². The van der Waals surface area contributed by atoms with E-state index in [2.05, 4.69) is 10.5 Å². The van der Waals surface area contributed by atoms with Crippen LogP contribution in [0, 0.1) is 5.92 Å². The van der Waals surface area contributed by atoms with Crippen LogP contribution in [0.5, 0.6) is 0 Å². The minimum atomic E-state index is 0.410. The average molecular weight is 139 g/mol. The second-order valence-corrected chi connectivity index (χ2v) is 3.25. The van der Waals surface area contributed by atoms with Gasteiger partial charge in [0.15, 0.2) is 0 Å². The molecule has 0 amide bonds. The number of nitrogens with zero attached hydrogens (tertiary/aromatic N) is 1. The van der Waals surface area contributed by atoms with E-state index in [1.54, 1.807) is 0 Å². The molecular weight excluding hydrogens is 126 g/mol. The summed E-state index contributed by atoms with van der Waals surface area (Å²) >= 11 is 0. The molecule has 1 heterocycles. The smallest absolute Gasteiger partial charge is 0.0519 e. The lowest BCUT2D eigenvalue weighted by molar-refractivity contribution is 0.324. The summed E-state index contributed by atoms with van der Waals surface area (Å²) in [4.78, 5) is 0. The van der Waals surface area contributed by atoms with Gasteiger partial charge in [0.1, 0.15) is 0 Å². The van der Waals surface area contributed by atoms with Gasteiger partial charge in [-0.2, -0.15) is 5.10 Å². The summed E-state index contributed by atoms with van der Waals surface area (Å²) in [6.45, 7) is 0. The molecule has 0 aromatic carbocycles. The minimum absolute atomic E-state index is 0.410. The fourth-order valence-corrected chi connectivity index (χ4v) is 1.80. The Morgan fingerprint density at radius 1 is 1.50 bits per heavy atom. The van der Waals surface area contributed by atoms with E-state index < -0.39 is 0 Å². The lowest BCUT2D eigenvalue weighted by Crippen LogP contribution is -2.39. The predicted molar refractivity (Wildman–Crippen MR) is 40.7 cm³/mol. The van der Waals surface area contributed by atoms with Gasteiger partial charge in [0.2, 0.25) is 0 Å². The Morgan fingerprint density at radius 3 is 3.30 bits per heavy atom. The third-order valence-corrected chi connectivity index (χ3v) is 2.45. The summed E-state index contributed by atoms with van der Waals surface area (Å²) in [6.07, 6.45) is 5.45. The normalized spacial score (nSPS) is 44.7. The molecule has 1 fully saturated rings. The molecule has 0 aromatic rings. The number of rotatable bonds is 0. The van der Waals surface area contributed by atoms with Gasteiger partial charge in [-0.15, -0.1) is 0 Å². The first kappa shape index (κ1) is 6.16. The molecule has 1 saturated carbocycles. The van der Waals surface area contributed by atoms with E-state index in [1.807, 2.05) is 6.21 Å². The molecule has 3 heteroatoms. The van der Waals surface area contributed by atoms with Crippen molar-refractivity contribution < 1.29 is 0 Å². The first-order valence-corrected chi connectivity index (χ1v) is 3.90. The van der Waals surface area contributed by atoms with E-state index in [0.717, 1.165) is 12.8 Å². The minimum Gasteiger partial charge on any atom is -0.328 e. The zero-order valence-corrected chi connectivity index (χ0v) is 5.96. The van der Waals surface area contributed by atoms with Crippen molar-refractivity contribution in [2.75, 3.05) is 0 Å². The maximum atomic E-state index is 5.80. The molecule has 0 saturated heterocycles. The van der Waals surface area contributed by atoms with Crippen molar-refractivity contribution >= 4 is 6.21 Å². The molecule has 0 spiro atoms. The van der Waals surface area contributed by atoms with Crippen molar-refractivity contribution in [2.45, 2.75) is 31.3 Å². The third kappa shape index (κ3) is 0.904. The van der Waals surface area contributed by atoms with Crippen LogP contribution >= 0.6 is 0 Å². The highest BCUT2D eigenvalue weighted by Crippen LogP contribution is 2.24. The predicted octanol–water partition coefficient (Wildman–Crippen LogP) is 0.0714. The Hall–Kier alpha value is -0.570. The van der Waals surface area contributed by atoms with Crippen molar-refractivity contribution in [1.29, 1.82) is 0 Å². The highest BCUT2D eigenvalue weighted by atomic mass is 15.3. The van der Waals surface area contributed by atoms with Crippen LogP contribution in [0.15, 0.2) is 5.10 Å². The number of nitrogens with one attached hydrogen (secondary N) is 1. The lowest BCUT2D eigenvalue weighted by Gasteiger charge is -2.27. The molecule has 3 nitrogen and oxygen atoms in total. The summed E-state index contributed by atoms with van der Waals surface area (Å²) < 4.78 is 0. The van der Waals surface area contributed by atoms with E-state index in [1.165, 1.54) is 6.42 Å². The maximum Gasteiger partial charge on any atom is 0.0519 e. The average Bonchev–Trinajstić information content (AvgIpc) is 2.33. The molecule has 0 aromatic heterocycles. The molecule has 2 rings (SSSR count). The van der Waals surface area contributed by atoms with Gasteiger partial charge >= 0.3 is 0 Å². The Morgan fingerprint density at radius 2 is 2.40 bits per heavy atom. The highest BCUT2D eigenvalue weighted by molar-refractivity contribution is 5.63. The Labute approximate surface area is 60.7 Å². The standard InChI is InChI=1S/C7H13N3/c8-6-1-2-7-5(3-6)4-9-10-7/h4-7,10H,1-3,8H2. The Kier molecular flexibility index (Phi) is 1.38. The highest BCUT2D eigenvalue weighted by Gasteiger charge is 2.30. The van der Waals surface area contributed by atoms with Crippen molar-refractivity contribution in [3.8, 4) is 0 Å². The van der Waals surface area contributed by atoms with Crippen LogP contribution in [0.2, 0.25) is 0 Å². The number of fused-ring (bicyclic) bond motifs is 1. The molecule has 0 bridgehead atoms. The monoisotopic (exact) mass is 139 g/mol. The van der Waals surface area contributed by atoms with Gasteiger partial charge in [-0.25, -0.2) is 0 Å². The van der Waals surface area contributed by atoms with Crippen LogP contribution in [-0.2, 0) is 0 Å². The number of hydrogen-bond donors (Lipinski definition) is 2. The zero-order chi connectivity index (χ0) is 6.97. The molecule has 3 N–H and O–H groups in total. The molecule has 10 heavy (non-hydrogen) atoms. The van der Waals surface area contributed by atoms with Crippen LogP contribution in [-0.4, -0.2) is 18.3 Å². The van der Waals surface area contributed by atoms with Crippen molar-refractivity contribution in [3.05, 3.63) is 0 Å². The Bertz CT molecular complexity index is 155. The molecule has 3 unspecified atom stereocenters. The zero-order valence-electron chi connectivity index (χ0n) is 5.96.